The number of amides is 1. The number of anilines is 1. The molecule has 0 aromatic heterocycles. The number of nitrogens with two attached hydrogens (primary N) is 1. The van der Waals surface area contributed by atoms with Gasteiger partial charge in [-0.15, -0.1) is 0 Å². The normalized spacial score (nSPS) is 14.2. The lowest BCUT2D eigenvalue weighted by atomic mass is 9.83. The van der Waals surface area contributed by atoms with Crippen LogP contribution in [0.4, 0.5) is 5.69 Å². The third-order valence-electron chi connectivity index (χ3n) is 3.47. The fourth-order valence-electron chi connectivity index (χ4n) is 2.18. The minimum atomic E-state index is 0.0890. The van der Waals surface area contributed by atoms with E-state index in [4.69, 9.17) is 5.73 Å². The van der Waals surface area contributed by atoms with Crippen LogP contribution in [-0.2, 0) is 4.79 Å². The van der Waals surface area contributed by atoms with E-state index >= 15 is 0 Å². The van der Waals surface area contributed by atoms with Crippen molar-refractivity contribution < 1.29 is 4.79 Å². The van der Waals surface area contributed by atoms with Crippen LogP contribution >= 0.6 is 0 Å². The Morgan fingerprint density at radius 1 is 1.47 bits per heavy atom. The highest BCUT2D eigenvalue weighted by atomic mass is 16.1. The zero-order valence-corrected chi connectivity index (χ0v) is 11.3. The molecule has 1 amide bonds. The molecular weight excluding hydrogens is 236 g/mol. The molecule has 0 bridgehead atoms. The van der Waals surface area contributed by atoms with Crippen LogP contribution in [0.25, 0.3) is 0 Å². The van der Waals surface area contributed by atoms with E-state index < -0.39 is 0 Å². The van der Waals surface area contributed by atoms with Gasteiger partial charge in [-0.25, -0.2) is 0 Å². The Morgan fingerprint density at radius 3 is 2.89 bits per heavy atom. The first-order valence-electron chi connectivity index (χ1n) is 6.78. The largest absolute Gasteiger partial charge is 0.325 e. The summed E-state index contributed by atoms with van der Waals surface area (Å²) in [5, 5.41) is 2.98. The van der Waals surface area contributed by atoms with E-state index in [0.29, 0.717) is 18.9 Å². The number of aryl methyl sites for hydroxylation is 1. The van der Waals surface area contributed by atoms with Gasteiger partial charge in [-0.1, -0.05) is 24.3 Å². The van der Waals surface area contributed by atoms with Gasteiger partial charge in [-0.3, -0.25) is 4.79 Å². The number of rotatable bonds is 3. The number of carbonyl (C=O) groups excluding carboxylic acids is 1. The molecule has 0 saturated heterocycles. The molecular formula is C16H20N2O. The Kier molecular flexibility index (Phi) is 4.59. The number of carbonyl (C=O) groups is 1. The average molecular weight is 256 g/mol. The summed E-state index contributed by atoms with van der Waals surface area (Å²) in [6.07, 6.45) is 4.25. The highest BCUT2D eigenvalue weighted by molar-refractivity contribution is 5.92. The van der Waals surface area contributed by atoms with Gasteiger partial charge in [0.1, 0.15) is 0 Å². The summed E-state index contributed by atoms with van der Waals surface area (Å²) in [6, 6.07) is 5.87. The van der Waals surface area contributed by atoms with Crippen molar-refractivity contribution in [2.24, 2.45) is 11.7 Å². The summed E-state index contributed by atoms with van der Waals surface area (Å²) in [5.74, 6) is 6.49. The molecule has 0 heterocycles. The molecule has 0 spiro atoms. The highest BCUT2D eigenvalue weighted by Gasteiger charge is 2.20. The van der Waals surface area contributed by atoms with E-state index in [1.165, 1.54) is 19.3 Å². The summed E-state index contributed by atoms with van der Waals surface area (Å²) in [5.41, 5.74) is 8.12. The molecule has 0 atom stereocenters. The molecule has 1 aliphatic carbocycles. The van der Waals surface area contributed by atoms with Crippen molar-refractivity contribution in [2.45, 2.75) is 32.6 Å². The van der Waals surface area contributed by atoms with Gasteiger partial charge in [-0.05, 0) is 43.4 Å². The summed E-state index contributed by atoms with van der Waals surface area (Å²) in [6.45, 7) is 2.32. The average Bonchev–Trinajstić information content (AvgIpc) is 2.33. The number of benzene rings is 1. The van der Waals surface area contributed by atoms with Crippen molar-refractivity contribution in [1.29, 1.82) is 0 Å². The van der Waals surface area contributed by atoms with E-state index in [2.05, 4.69) is 17.2 Å². The lowest BCUT2D eigenvalue weighted by molar-refractivity contribution is -0.117. The number of hydrogen-bond donors (Lipinski definition) is 2. The number of nitrogens with one attached hydrogen (secondary N) is 1. The van der Waals surface area contributed by atoms with E-state index in [-0.39, 0.29) is 5.91 Å². The highest BCUT2D eigenvalue weighted by Crippen LogP contribution is 2.29. The fraction of sp³-hybridized carbons (Fsp3) is 0.438. The Balaban J connectivity index is 2.08. The zero-order chi connectivity index (χ0) is 13.7. The van der Waals surface area contributed by atoms with Crippen molar-refractivity contribution in [3.05, 3.63) is 29.3 Å². The molecule has 0 aliphatic heterocycles. The Morgan fingerprint density at radius 2 is 2.26 bits per heavy atom. The van der Waals surface area contributed by atoms with Gasteiger partial charge >= 0.3 is 0 Å². The van der Waals surface area contributed by atoms with Gasteiger partial charge in [0, 0.05) is 12.0 Å². The van der Waals surface area contributed by atoms with Crippen LogP contribution in [0.15, 0.2) is 18.2 Å². The Hall–Kier alpha value is -1.79. The first-order chi connectivity index (χ1) is 9.19. The molecule has 1 aromatic carbocycles. The predicted octanol–water partition coefficient (Wildman–Crippen LogP) is 2.43. The third kappa shape index (κ3) is 3.84. The topological polar surface area (TPSA) is 55.1 Å². The predicted molar refractivity (Wildman–Crippen MR) is 77.7 cm³/mol. The van der Waals surface area contributed by atoms with Crippen LogP contribution < -0.4 is 11.1 Å². The molecule has 3 heteroatoms. The third-order valence-corrected chi connectivity index (χ3v) is 3.47. The zero-order valence-electron chi connectivity index (χ0n) is 11.3. The van der Waals surface area contributed by atoms with Crippen molar-refractivity contribution in [1.82, 2.24) is 0 Å². The first kappa shape index (κ1) is 13.6. The lowest BCUT2D eigenvalue weighted by Gasteiger charge is -2.24. The molecule has 0 radical (unpaired) electrons. The molecule has 3 nitrogen and oxygen atoms in total. The van der Waals surface area contributed by atoms with Crippen molar-refractivity contribution >= 4 is 11.6 Å². The van der Waals surface area contributed by atoms with E-state index in [9.17, 15) is 4.79 Å². The second kappa shape index (κ2) is 6.40. The molecule has 1 aliphatic rings. The maximum atomic E-state index is 12.0. The van der Waals surface area contributed by atoms with Crippen molar-refractivity contribution in [3.63, 3.8) is 0 Å². The standard InChI is InChI=1S/C16H20N2O/c1-12-7-8-14(6-3-9-17)15(10-12)18-16(19)11-13-4-2-5-13/h7-8,10,13H,2,4-5,9,11,17H2,1H3,(H,18,19). The van der Waals surface area contributed by atoms with Gasteiger partial charge in [-0.2, -0.15) is 0 Å². The van der Waals surface area contributed by atoms with Crippen LogP contribution in [0, 0.1) is 24.7 Å². The smallest absolute Gasteiger partial charge is 0.224 e. The minimum Gasteiger partial charge on any atom is -0.325 e. The summed E-state index contributed by atoms with van der Waals surface area (Å²) >= 11 is 0. The molecule has 100 valence electrons. The van der Waals surface area contributed by atoms with E-state index in [1.807, 2.05) is 25.1 Å². The van der Waals surface area contributed by atoms with Crippen molar-refractivity contribution in [3.8, 4) is 11.8 Å². The van der Waals surface area contributed by atoms with Gasteiger partial charge < -0.3 is 11.1 Å². The van der Waals surface area contributed by atoms with Crippen LogP contribution in [0.5, 0.6) is 0 Å². The lowest BCUT2D eigenvalue weighted by Crippen LogP contribution is -2.21. The molecule has 1 saturated carbocycles. The van der Waals surface area contributed by atoms with Gasteiger partial charge in [0.15, 0.2) is 0 Å². The molecule has 2 rings (SSSR count). The maximum absolute atomic E-state index is 12.0. The Labute approximate surface area is 114 Å². The fourth-order valence-corrected chi connectivity index (χ4v) is 2.18. The van der Waals surface area contributed by atoms with E-state index in [1.54, 1.807) is 0 Å². The SMILES string of the molecule is Cc1ccc(C#CCN)c(NC(=O)CC2CCC2)c1. The Bertz CT molecular complexity index is 521. The summed E-state index contributed by atoms with van der Waals surface area (Å²) < 4.78 is 0. The van der Waals surface area contributed by atoms with Gasteiger partial charge in [0.05, 0.1) is 12.2 Å². The molecule has 19 heavy (non-hydrogen) atoms. The molecule has 3 N–H and O–H groups in total. The van der Waals surface area contributed by atoms with Gasteiger partial charge in [0.25, 0.3) is 0 Å². The quantitative estimate of drug-likeness (QED) is 0.816. The van der Waals surface area contributed by atoms with Crippen molar-refractivity contribution in [2.75, 3.05) is 11.9 Å². The summed E-state index contributed by atoms with van der Waals surface area (Å²) in [4.78, 5) is 12.0. The molecule has 1 fully saturated rings. The van der Waals surface area contributed by atoms with Crippen LogP contribution in [0.2, 0.25) is 0 Å². The molecule has 0 unspecified atom stereocenters. The van der Waals surface area contributed by atoms with Crippen LogP contribution in [0.1, 0.15) is 36.8 Å². The maximum Gasteiger partial charge on any atom is 0.224 e. The van der Waals surface area contributed by atoms with Crippen LogP contribution in [-0.4, -0.2) is 12.5 Å². The monoisotopic (exact) mass is 256 g/mol. The molecule has 1 aromatic rings. The minimum absolute atomic E-state index is 0.0890. The summed E-state index contributed by atoms with van der Waals surface area (Å²) in [7, 11) is 0. The first-order valence-corrected chi connectivity index (χ1v) is 6.78. The van der Waals surface area contributed by atoms with Gasteiger partial charge in [0.2, 0.25) is 5.91 Å². The van der Waals surface area contributed by atoms with E-state index in [0.717, 1.165) is 16.8 Å². The number of hydrogen-bond acceptors (Lipinski definition) is 2. The second-order valence-corrected chi connectivity index (χ2v) is 5.10. The second-order valence-electron chi connectivity index (χ2n) is 5.10. The van der Waals surface area contributed by atoms with Crippen LogP contribution in [0.3, 0.4) is 0 Å².